The summed E-state index contributed by atoms with van der Waals surface area (Å²) in [5, 5.41) is 4.14. The van der Waals surface area contributed by atoms with Crippen molar-refractivity contribution >= 4 is 5.91 Å². The molecule has 0 saturated carbocycles. The van der Waals surface area contributed by atoms with Crippen molar-refractivity contribution in [3.05, 3.63) is 30.4 Å². The Bertz CT molecular complexity index is 667. The third kappa shape index (κ3) is 3.39. The number of ether oxygens (including phenoxy) is 1. The monoisotopic (exact) mass is 315 g/mol. The molecule has 0 spiro atoms. The molecule has 7 nitrogen and oxygen atoms in total. The van der Waals surface area contributed by atoms with E-state index in [-0.39, 0.29) is 18.4 Å². The third-order valence-corrected chi connectivity index (χ3v) is 4.22. The van der Waals surface area contributed by atoms with Gasteiger partial charge in [0, 0.05) is 45.6 Å². The molecule has 2 aromatic heterocycles. The Morgan fingerprint density at radius 3 is 2.91 bits per heavy atom. The SMILES string of the molecule is COCC(=O)N1CCC[C@H](c2cnc(-c3ccnn3C)cn2)C1. The number of nitrogens with zero attached hydrogens (tertiary/aromatic N) is 5. The Labute approximate surface area is 135 Å². The van der Waals surface area contributed by atoms with Gasteiger partial charge in [0.25, 0.3) is 0 Å². The van der Waals surface area contributed by atoms with Gasteiger partial charge in [-0.25, -0.2) is 0 Å². The lowest BCUT2D eigenvalue weighted by Crippen LogP contribution is -2.41. The predicted octanol–water partition coefficient (Wildman–Crippen LogP) is 1.23. The Morgan fingerprint density at radius 2 is 2.26 bits per heavy atom. The third-order valence-electron chi connectivity index (χ3n) is 4.22. The van der Waals surface area contributed by atoms with E-state index < -0.39 is 0 Å². The highest BCUT2D eigenvalue weighted by Gasteiger charge is 2.25. The van der Waals surface area contributed by atoms with E-state index in [1.165, 1.54) is 0 Å². The summed E-state index contributed by atoms with van der Waals surface area (Å²) in [6, 6.07) is 1.91. The molecule has 1 fully saturated rings. The van der Waals surface area contributed by atoms with Crippen LogP contribution in [-0.2, 0) is 16.6 Å². The zero-order valence-electron chi connectivity index (χ0n) is 13.5. The number of aromatic nitrogens is 4. The van der Waals surface area contributed by atoms with E-state index in [9.17, 15) is 4.79 Å². The van der Waals surface area contributed by atoms with Gasteiger partial charge in [0.2, 0.25) is 5.91 Å². The minimum absolute atomic E-state index is 0.0386. The summed E-state index contributed by atoms with van der Waals surface area (Å²) in [6.07, 6.45) is 7.34. The van der Waals surface area contributed by atoms with E-state index in [4.69, 9.17) is 4.74 Å². The molecule has 2 aromatic rings. The van der Waals surface area contributed by atoms with Gasteiger partial charge >= 0.3 is 0 Å². The first-order valence-electron chi connectivity index (χ1n) is 7.76. The maximum Gasteiger partial charge on any atom is 0.248 e. The number of methoxy groups -OCH3 is 1. The van der Waals surface area contributed by atoms with Crippen LogP contribution in [0, 0.1) is 0 Å². The van der Waals surface area contributed by atoms with E-state index >= 15 is 0 Å². The molecule has 3 heterocycles. The molecule has 23 heavy (non-hydrogen) atoms. The number of aryl methyl sites for hydroxylation is 1. The standard InChI is InChI=1S/C16H21N5O2/c1-20-15(5-6-19-20)14-9-17-13(8-18-14)12-4-3-7-21(10-12)16(22)11-23-2/h5-6,8-9,12H,3-4,7,10-11H2,1-2H3/t12-/m0/s1. The molecule has 1 amide bonds. The fourth-order valence-corrected chi connectivity index (χ4v) is 2.97. The van der Waals surface area contributed by atoms with Gasteiger partial charge in [-0.1, -0.05) is 0 Å². The summed E-state index contributed by atoms with van der Waals surface area (Å²) in [4.78, 5) is 22.9. The highest BCUT2D eigenvalue weighted by molar-refractivity contribution is 5.77. The molecule has 0 aliphatic carbocycles. The van der Waals surface area contributed by atoms with Crippen LogP contribution in [0.5, 0.6) is 0 Å². The lowest BCUT2D eigenvalue weighted by molar-refractivity contribution is -0.136. The molecule has 0 aromatic carbocycles. The van der Waals surface area contributed by atoms with Crippen LogP contribution in [0.4, 0.5) is 0 Å². The molecule has 1 aliphatic rings. The predicted molar refractivity (Wildman–Crippen MR) is 84.7 cm³/mol. The van der Waals surface area contributed by atoms with Crippen LogP contribution in [0.15, 0.2) is 24.7 Å². The molecule has 0 bridgehead atoms. The van der Waals surface area contributed by atoms with Crippen molar-refractivity contribution in [2.45, 2.75) is 18.8 Å². The van der Waals surface area contributed by atoms with Gasteiger partial charge in [-0.2, -0.15) is 5.10 Å². The van der Waals surface area contributed by atoms with Crippen molar-refractivity contribution in [3.63, 3.8) is 0 Å². The van der Waals surface area contributed by atoms with Crippen molar-refractivity contribution < 1.29 is 9.53 Å². The molecule has 1 atom stereocenters. The van der Waals surface area contributed by atoms with E-state index in [1.54, 1.807) is 24.2 Å². The number of carbonyl (C=O) groups excluding carboxylic acids is 1. The van der Waals surface area contributed by atoms with Crippen molar-refractivity contribution in [1.29, 1.82) is 0 Å². The number of carbonyl (C=O) groups is 1. The van der Waals surface area contributed by atoms with Crippen molar-refractivity contribution in [2.24, 2.45) is 7.05 Å². The lowest BCUT2D eigenvalue weighted by Gasteiger charge is -2.32. The maximum absolute atomic E-state index is 12.0. The Kier molecular flexibility index (Phi) is 4.66. The highest BCUT2D eigenvalue weighted by atomic mass is 16.5. The second-order valence-electron chi connectivity index (χ2n) is 5.78. The molecule has 7 heteroatoms. The van der Waals surface area contributed by atoms with Crippen LogP contribution < -0.4 is 0 Å². The minimum Gasteiger partial charge on any atom is -0.375 e. The summed E-state index contributed by atoms with van der Waals surface area (Å²) in [6.45, 7) is 1.61. The second kappa shape index (κ2) is 6.87. The van der Waals surface area contributed by atoms with Gasteiger partial charge in [-0.3, -0.25) is 19.4 Å². The van der Waals surface area contributed by atoms with Crippen LogP contribution >= 0.6 is 0 Å². The van der Waals surface area contributed by atoms with Gasteiger partial charge in [0.15, 0.2) is 0 Å². The van der Waals surface area contributed by atoms with E-state index in [1.807, 2.05) is 24.2 Å². The van der Waals surface area contributed by atoms with Gasteiger partial charge in [-0.15, -0.1) is 0 Å². The van der Waals surface area contributed by atoms with Crippen LogP contribution in [0.3, 0.4) is 0 Å². The lowest BCUT2D eigenvalue weighted by atomic mass is 9.95. The fourth-order valence-electron chi connectivity index (χ4n) is 2.97. The zero-order chi connectivity index (χ0) is 16.2. The topological polar surface area (TPSA) is 73.1 Å². The van der Waals surface area contributed by atoms with Crippen LogP contribution in [-0.4, -0.2) is 57.4 Å². The molecular weight excluding hydrogens is 294 g/mol. The Hall–Kier alpha value is -2.28. The summed E-state index contributed by atoms with van der Waals surface area (Å²) in [5.74, 6) is 0.273. The molecule has 0 N–H and O–H groups in total. The first-order valence-corrected chi connectivity index (χ1v) is 7.76. The van der Waals surface area contributed by atoms with E-state index in [0.29, 0.717) is 6.54 Å². The Morgan fingerprint density at radius 1 is 1.39 bits per heavy atom. The average molecular weight is 315 g/mol. The Balaban J connectivity index is 1.72. The molecular formula is C16H21N5O2. The van der Waals surface area contributed by atoms with E-state index in [0.717, 1.165) is 36.5 Å². The van der Waals surface area contributed by atoms with Crippen molar-refractivity contribution in [1.82, 2.24) is 24.6 Å². The molecule has 0 radical (unpaired) electrons. The zero-order valence-corrected chi connectivity index (χ0v) is 13.5. The van der Waals surface area contributed by atoms with Gasteiger partial charge in [0.1, 0.15) is 12.3 Å². The second-order valence-corrected chi connectivity index (χ2v) is 5.78. The molecule has 3 rings (SSSR count). The molecule has 1 saturated heterocycles. The minimum atomic E-state index is 0.0386. The van der Waals surface area contributed by atoms with Crippen LogP contribution in [0.1, 0.15) is 24.5 Å². The number of likely N-dealkylation sites (tertiary alicyclic amines) is 1. The fraction of sp³-hybridized carbons (Fsp3) is 0.500. The normalized spacial score (nSPS) is 18.2. The van der Waals surface area contributed by atoms with Crippen LogP contribution in [0.2, 0.25) is 0 Å². The summed E-state index contributed by atoms with van der Waals surface area (Å²) in [5.41, 5.74) is 2.67. The number of hydrogen-bond donors (Lipinski definition) is 0. The number of amides is 1. The van der Waals surface area contributed by atoms with Gasteiger partial charge in [-0.05, 0) is 18.9 Å². The smallest absolute Gasteiger partial charge is 0.248 e. The van der Waals surface area contributed by atoms with Gasteiger partial charge in [0.05, 0.1) is 17.6 Å². The number of hydrogen-bond acceptors (Lipinski definition) is 5. The molecule has 1 aliphatic heterocycles. The summed E-state index contributed by atoms with van der Waals surface area (Å²) >= 11 is 0. The first-order chi connectivity index (χ1) is 11.2. The molecule has 122 valence electrons. The first kappa shape index (κ1) is 15.6. The van der Waals surface area contributed by atoms with Crippen molar-refractivity contribution in [2.75, 3.05) is 26.8 Å². The number of piperidine rings is 1. The van der Waals surface area contributed by atoms with Crippen molar-refractivity contribution in [3.8, 4) is 11.4 Å². The van der Waals surface area contributed by atoms with Crippen LogP contribution in [0.25, 0.3) is 11.4 Å². The average Bonchev–Trinajstić information content (AvgIpc) is 3.01. The molecule has 0 unspecified atom stereocenters. The summed E-state index contributed by atoms with van der Waals surface area (Å²) in [7, 11) is 3.42. The number of rotatable bonds is 4. The summed E-state index contributed by atoms with van der Waals surface area (Å²) < 4.78 is 6.71. The van der Waals surface area contributed by atoms with E-state index in [2.05, 4.69) is 15.1 Å². The largest absolute Gasteiger partial charge is 0.375 e. The highest BCUT2D eigenvalue weighted by Crippen LogP contribution is 2.26. The maximum atomic E-state index is 12.0. The quantitative estimate of drug-likeness (QED) is 0.848. The van der Waals surface area contributed by atoms with Gasteiger partial charge < -0.3 is 9.64 Å².